The van der Waals surface area contributed by atoms with Gasteiger partial charge in [-0.25, -0.2) is 4.98 Å². The summed E-state index contributed by atoms with van der Waals surface area (Å²) in [6.07, 6.45) is 0. The van der Waals surface area contributed by atoms with Crippen LogP contribution in [0.25, 0.3) is 22.2 Å². The molecule has 0 spiro atoms. The fourth-order valence-corrected chi connectivity index (χ4v) is 3.21. The third-order valence-corrected chi connectivity index (χ3v) is 4.63. The molecule has 0 unspecified atom stereocenters. The Labute approximate surface area is 145 Å². The quantitative estimate of drug-likeness (QED) is 0.517. The summed E-state index contributed by atoms with van der Waals surface area (Å²) in [7, 11) is 0. The van der Waals surface area contributed by atoms with Gasteiger partial charge in [0.2, 0.25) is 0 Å². The smallest absolute Gasteiger partial charge is 0.0712 e. The van der Waals surface area contributed by atoms with Gasteiger partial charge in [0.05, 0.1) is 11.2 Å². The molecule has 3 rings (SSSR count). The van der Waals surface area contributed by atoms with Crippen molar-refractivity contribution < 1.29 is 0 Å². The van der Waals surface area contributed by atoms with Gasteiger partial charge in [0.1, 0.15) is 0 Å². The fraction of sp³-hybridized carbons (Fsp3) is 0.348. The molecule has 0 aliphatic heterocycles. The van der Waals surface area contributed by atoms with E-state index in [2.05, 4.69) is 90.1 Å². The first kappa shape index (κ1) is 16.7. The monoisotopic (exact) mass is 317 g/mol. The van der Waals surface area contributed by atoms with Crippen molar-refractivity contribution in [3.05, 3.63) is 65.2 Å². The highest BCUT2D eigenvalue weighted by Gasteiger charge is 2.16. The van der Waals surface area contributed by atoms with Crippen molar-refractivity contribution in [2.45, 2.75) is 52.9 Å². The topological polar surface area (TPSA) is 12.9 Å². The summed E-state index contributed by atoms with van der Waals surface area (Å²) in [5.74, 6) is 0.507. The number of aromatic nitrogens is 1. The minimum atomic E-state index is 0.141. The molecule has 0 aliphatic rings. The third kappa shape index (κ3) is 3.21. The summed E-state index contributed by atoms with van der Waals surface area (Å²) in [5.41, 5.74) is 7.49. The predicted molar refractivity (Wildman–Crippen MR) is 105 cm³/mol. The highest BCUT2D eigenvalue weighted by atomic mass is 14.7. The Morgan fingerprint density at radius 2 is 1.67 bits per heavy atom. The highest BCUT2D eigenvalue weighted by Crippen LogP contribution is 2.31. The van der Waals surface area contributed by atoms with Crippen molar-refractivity contribution in [3.8, 4) is 11.3 Å². The minimum absolute atomic E-state index is 0.141. The van der Waals surface area contributed by atoms with E-state index in [1.54, 1.807) is 0 Å². The van der Waals surface area contributed by atoms with Crippen LogP contribution in [0.2, 0.25) is 0 Å². The first-order chi connectivity index (χ1) is 11.3. The van der Waals surface area contributed by atoms with E-state index in [-0.39, 0.29) is 5.41 Å². The second-order valence-corrected chi connectivity index (χ2v) is 8.10. The van der Waals surface area contributed by atoms with Gasteiger partial charge < -0.3 is 0 Å². The van der Waals surface area contributed by atoms with E-state index in [0.29, 0.717) is 5.92 Å². The average Bonchev–Trinajstić information content (AvgIpc) is 2.52. The number of rotatable bonds is 2. The molecule has 0 radical (unpaired) electrons. The van der Waals surface area contributed by atoms with Gasteiger partial charge in [0, 0.05) is 10.9 Å². The largest absolute Gasteiger partial charge is 0.248 e. The lowest BCUT2D eigenvalue weighted by Gasteiger charge is -2.21. The van der Waals surface area contributed by atoms with E-state index in [9.17, 15) is 0 Å². The third-order valence-electron chi connectivity index (χ3n) is 4.63. The van der Waals surface area contributed by atoms with Crippen LogP contribution in [0.1, 0.15) is 57.2 Å². The zero-order valence-electron chi connectivity index (χ0n) is 15.6. The van der Waals surface area contributed by atoms with Crippen molar-refractivity contribution >= 4 is 10.9 Å². The summed E-state index contributed by atoms with van der Waals surface area (Å²) in [4.78, 5) is 4.95. The van der Waals surface area contributed by atoms with E-state index in [0.717, 1.165) is 11.2 Å². The van der Waals surface area contributed by atoms with Crippen LogP contribution >= 0.6 is 0 Å². The molecule has 1 nitrogen and oxygen atoms in total. The molecular formula is C23H27N. The fourth-order valence-electron chi connectivity index (χ4n) is 3.21. The number of hydrogen-bond donors (Lipinski definition) is 0. The molecule has 24 heavy (non-hydrogen) atoms. The molecule has 1 heteroatoms. The molecule has 0 saturated heterocycles. The minimum Gasteiger partial charge on any atom is -0.248 e. The lowest BCUT2D eigenvalue weighted by molar-refractivity contribution is 0.590. The van der Waals surface area contributed by atoms with Gasteiger partial charge in [0.25, 0.3) is 0 Å². The van der Waals surface area contributed by atoms with E-state index in [1.807, 2.05) is 0 Å². The number of benzene rings is 2. The first-order valence-electron chi connectivity index (χ1n) is 8.78. The zero-order chi connectivity index (χ0) is 17.5. The molecule has 0 amide bonds. The molecule has 0 saturated carbocycles. The van der Waals surface area contributed by atoms with E-state index >= 15 is 0 Å². The summed E-state index contributed by atoms with van der Waals surface area (Å²) in [6, 6.07) is 17.6. The number of pyridine rings is 1. The maximum Gasteiger partial charge on any atom is 0.0712 e. The van der Waals surface area contributed by atoms with E-state index in [4.69, 9.17) is 4.98 Å². The summed E-state index contributed by atoms with van der Waals surface area (Å²) >= 11 is 0. The van der Waals surface area contributed by atoms with Crippen LogP contribution in [0.5, 0.6) is 0 Å². The molecule has 124 valence electrons. The van der Waals surface area contributed by atoms with E-state index in [1.165, 1.54) is 27.6 Å². The average molecular weight is 317 g/mol. The molecule has 3 aromatic rings. The maximum absolute atomic E-state index is 4.95. The van der Waals surface area contributed by atoms with Gasteiger partial charge >= 0.3 is 0 Å². The van der Waals surface area contributed by atoms with Crippen LogP contribution in [0, 0.1) is 6.92 Å². The standard InChI is InChI=1S/C23H27N/c1-15(2)19-8-7-9-22-20(19)10-11-21(24-22)17-12-16(3)13-18(14-17)23(4,5)6/h7-15H,1-6H3. The molecule has 1 heterocycles. The molecule has 0 aliphatic carbocycles. The number of hydrogen-bond acceptors (Lipinski definition) is 1. The van der Waals surface area contributed by atoms with E-state index < -0.39 is 0 Å². The van der Waals surface area contributed by atoms with Crippen molar-refractivity contribution in [1.29, 1.82) is 0 Å². The second-order valence-electron chi connectivity index (χ2n) is 8.10. The predicted octanol–water partition coefficient (Wildman–Crippen LogP) is 6.63. The van der Waals surface area contributed by atoms with Crippen LogP contribution in [0.3, 0.4) is 0 Å². The molecule has 2 aromatic carbocycles. The lowest BCUT2D eigenvalue weighted by atomic mass is 9.85. The van der Waals surface area contributed by atoms with Crippen molar-refractivity contribution in [2.24, 2.45) is 0 Å². The van der Waals surface area contributed by atoms with Crippen molar-refractivity contribution in [3.63, 3.8) is 0 Å². The Morgan fingerprint density at radius 1 is 0.917 bits per heavy atom. The molecular weight excluding hydrogens is 290 g/mol. The molecule has 0 fully saturated rings. The Bertz CT molecular complexity index is 882. The highest BCUT2D eigenvalue weighted by molar-refractivity contribution is 5.85. The lowest BCUT2D eigenvalue weighted by Crippen LogP contribution is -2.11. The van der Waals surface area contributed by atoms with Gasteiger partial charge in [0.15, 0.2) is 0 Å². The van der Waals surface area contributed by atoms with Gasteiger partial charge in [-0.15, -0.1) is 0 Å². The molecule has 0 N–H and O–H groups in total. The van der Waals surface area contributed by atoms with Crippen LogP contribution < -0.4 is 0 Å². The van der Waals surface area contributed by atoms with Gasteiger partial charge in [-0.2, -0.15) is 0 Å². The number of nitrogens with zero attached hydrogens (tertiary/aromatic N) is 1. The second kappa shape index (κ2) is 6.05. The summed E-state index contributed by atoms with van der Waals surface area (Å²) < 4.78 is 0. The van der Waals surface area contributed by atoms with Crippen molar-refractivity contribution in [1.82, 2.24) is 4.98 Å². The molecule has 0 atom stereocenters. The van der Waals surface area contributed by atoms with Crippen LogP contribution in [0.15, 0.2) is 48.5 Å². The van der Waals surface area contributed by atoms with Crippen molar-refractivity contribution in [2.75, 3.05) is 0 Å². The number of fused-ring (bicyclic) bond motifs is 1. The Hall–Kier alpha value is -2.15. The van der Waals surface area contributed by atoms with Gasteiger partial charge in [-0.3, -0.25) is 0 Å². The Kier molecular flexibility index (Phi) is 4.21. The maximum atomic E-state index is 4.95. The van der Waals surface area contributed by atoms with Gasteiger partial charge in [-0.1, -0.05) is 64.4 Å². The Balaban J connectivity index is 2.16. The van der Waals surface area contributed by atoms with Crippen LogP contribution in [0.4, 0.5) is 0 Å². The Morgan fingerprint density at radius 3 is 2.33 bits per heavy atom. The number of aryl methyl sites for hydroxylation is 1. The normalized spacial score (nSPS) is 12.1. The SMILES string of the molecule is Cc1cc(-c2ccc3c(C(C)C)cccc3n2)cc(C(C)(C)C)c1. The summed E-state index contributed by atoms with van der Waals surface area (Å²) in [6.45, 7) is 13.4. The molecule has 1 aromatic heterocycles. The zero-order valence-corrected chi connectivity index (χ0v) is 15.6. The van der Waals surface area contributed by atoms with Crippen LogP contribution in [-0.4, -0.2) is 4.98 Å². The van der Waals surface area contributed by atoms with Gasteiger partial charge in [-0.05, 0) is 53.6 Å². The first-order valence-corrected chi connectivity index (χ1v) is 8.78. The molecule has 0 bridgehead atoms. The summed E-state index contributed by atoms with van der Waals surface area (Å²) in [5, 5.41) is 1.26. The van der Waals surface area contributed by atoms with Crippen LogP contribution in [-0.2, 0) is 5.41 Å².